The first kappa shape index (κ1) is 20.9. The third kappa shape index (κ3) is 5.79. The van der Waals surface area contributed by atoms with E-state index >= 15 is 0 Å². The largest absolute Gasteiger partial charge is 0.388 e. The molecule has 26 heavy (non-hydrogen) atoms. The van der Waals surface area contributed by atoms with Crippen molar-refractivity contribution in [1.29, 1.82) is 0 Å². The van der Waals surface area contributed by atoms with Crippen LogP contribution in [-0.2, 0) is 0 Å². The van der Waals surface area contributed by atoms with E-state index in [2.05, 4.69) is 22.4 Å². The van der Waals surface area contributed by atoms with Crippen molar-refractivity contribution in [3.8, 4) is 0 Å². The van der Waals surface area contributed by atoms with E-state index in [1.54, 1.807) is 18.0 Å². The number of anilines is 2. The third-order valence-corrected chi connectivity index (χ3v) is 5.44. The van der Waals surface area contributed by atoms with Gasteiger partial charge in [0.1, 0.15) is 5.82 Å². The zero-order valence-corrected chi connectivity index (χ0v) is 17.5. The van der Waals surface area contributed by atoms with Crippen molar-refractivity contribution < 1.29 is 4.79 Å². The van der Waals surface area contributed by atoms with Crippen molar-refractivity contribution in [2.45, 2.75) is 25.7 Å². The van der Waals surface area contributed by atoms with Crippen molar-refractivity contribution in [3.63, 3.8) is 0 Å². The molecule has 1 heterocycles. The number of nitrogens with zero attached hydrogens (tertiary/aromatic N) is 2. The van der Waals surface area contributed by atoms with Gasteiger partial charge >= 0.3 is 0 Å². The molecule has 0 radical (unpaired) electrons. The maximum absolute atomic E-state index is 10.6. The number of hydrogen-bond donors (Lipinski definition) is 1. The highest BCUT2D eigenvalue weighted by Crippen LogP contribution is 2.41. The van der Waals surface area contributed by atoms with Crippen molar-refractivity contribution in [3.05, 3.63) is 51.6 Å². The molecule has 1 N–H and O–H groups in total. The summed E-state index contributed by atoms with van der Waals surface area (Å²) in [5, 5.41) is 4.33. The maximum atomic E-state index is 10.6. The van der Waals surface area contributed by atoms with Crippen LogP contribution in [0.3, 0.4) is 0 Å². The summed E-state index contributed by atoms with van der Waals surface area (Å²) in [7, 11) is 1.92. The minimum Gasteiger partial charge on any atom is -0.388 e. The summed E-state index contributed by atoms with van der Waals surface area (Å²) in [5.41, 5.74) is 2.97. The van der Waals surface area contributed by atoms with Gasteiger partial charge in [-0.25, -0.2) is 4.98 Å². The molecule has 1 aliphatic rings. The smallest absolute Gasteiger partial charge is 0.151 e. The molecule has 1 aliphatic carbocycles. The van der Waals surface area contributed by atoms with Crippen molar-refractivity contribution in [2.24, 2.45) is 0 Å². The summed E-state index contributed by atoms with van der Waals surface area (Å²) in [6.07, 6.45) is 6.84. The van der Waals surface area contributed by atoms with Crippen LogP contribution in [0.4, 0.5) is 11.5 Å². The average Bonchev–Trinajstić information content (AvgIpc) is 3.49. The summed E-state index contributed by atoms with van der Waals surface area (Å²) in [6.45, 7) is 2.85. The molecule has 2 aromatic rings. The number of benzene rings is 1. The lowest BCUT2D eigenvalue weighted by Crippen LogP contribution is -2.14. The standard InChI is InChI=1S/C10H12ClN.C9H11ClN2OS/c1-12-10-5-8(7-2-3-7)4-9(11)6-10;1-3-12(14-2)9-4-7(6-13)8(10)5-11-9/h4-7,12H,2-3H2,1H3;4-6H,3H2,1-2H3. The lowest BCUT2D eigenvalue weighted by Gasteiger charge is -2.18. The van der Waals surface area contributed by atoms with Gasteiger partial charge in [-0.2, -0.15) is 0 Å². The SMILES string of the molecule is CCN(SC)c1cc(C=O)c(Cl)cn1.CNc1cc(Cl)cc(C2CC2)c1. The second-order valence-corrected chi connectivity index (χ2v) is 7.51. The fourth-order valence-electron chi connectivity index (χ4n) is 2.46. The van der Waals surface area contributed by atoms with E-state index in [0.717, 1.165) is 35.3 Å². The van der Waals surface area contributed by atoms with E-state index in [9.17, 15) is 4.79 Å². The van der Waals surface area contributed by atoms with Crippen LogP contribution in [0.25, 0.3) is 0 Å². The topological polar surface area (TPSA) is 45.2 Å². The highest BCUT2D eigenvalue weighted by Gasteiger charge is 2.23. The predicted molar refractivity (Wildman–Crippen MR) is 114 cm³/mol. The minimum absolute atomic E-state index is 0.390. The molecule has 140 valence electrons. The van der Waals surface area contributed by atoms with Crippen LogP contribution in [0.2, 0.25) is 10.0 Å². The van der Waals surface area contributed by atoms with E-state index in [1.807, 2.05) is 30.6 Å². The first-order valence-corrected chi connectivity index (χ1v) is 10.4. The molecular formula is C19H23Cl2N3OS. The molecule has 0 bridgehead atoms. The van der Waals surface area contributed by atoms with Gasteiger partial charge in [-0.3, -0.25) is 4.79 Å². The van der Waals surface area contributed by atoms with Gasteiger partial charge in [0.15, 0.2) is 6.29 Å². The van der Waals surface area contributed by atoms with Crippen LogP contribution in [0, 0.1) is 0 Å². The van der Waals surface area contributed by atoms with Crippen LogP contribution in [0.1, 0.15) is 41.6 Å². The van der Waals surface area contributed by atoms with Crippen LogP contribution in [-0.4, -0.2) is 31.1 Å². The predicted octanol–water partition coefficient (Wildman–Crippen LogP) is 5.91. The number of aldehydes is 1. The van der Waals surface area contributed by atoms with Gasteiger partial charge in [0.2, 0.25) is 0 Å². The molecule has 0 unspecified atom stereocenters. The highest BCUT2D eigenvalue weighted by atomic mass is 35.5. The van der Waals surface area contributed by atoms with Crippen LogP contribution in [0.15, 0.2) is 30.5 Å². The molecular weight excluding hydrogens is 389 g/mol. The number of pyridine rings is 1. The molecule has 7 heteroatoms. The summed E-state index contributed by atoms with van der Waals surface area (Å²) < 4.78 is 1.98. The van der Waals surface area contributed by atoms with E-state index in [-0.39, 0.29) is 0 Å². The molecule has 1 saturated carbocycles. The molecule has 1 aromatic carbocycles. The number of aromatic nitrogens is 1. The molecule has 4 nitrogen and oxygen atoms in total. The Balaban J connectivity index is 0.000000189. The first-order valence-electron chi connectivity index (χ1n) is 8.43. The number of carbonyl (C=O) groups excluding carboxylic acids is 1. The Kier molecular flexibility index (Phi) is 8.07. The molecule has 0 amide bonds. The lowest BCUT2D eigenvalue weighted by atomic mass is 10.1. The Hall–Kier alpha value is -1.43. The molecule has 1 aromatic heterocycles. The summed E-state index contributed by atoms with van der Waals surface area (Å²) in [4.78, 5) is 14.8. The van der Waals surface area contributed by atoms with E-state index in [0.29, 0.717) is 10.6 Å². The van der Waals surface area contributed by atoms with Crippen LogP contribution < -0.4 is 9.62 Å². The molecule has 0 saturated heterocycles. The fraction of sp³-hybridized carbons (Fsp3) is 0.368. The summed E-state index contributed by atoms with van der Waals surface area (Å²) in [6, 6.07) is 7.90. The number of hydrogen-bond acceptors (Lipinski definition) is 5. The average molecular weight is 412 g/mol. The lowest BCUT2D eigenvalue weighted by molar-refractivity contribution is 0.112. The van der Waals surface area contributed by atoms with Crippen molar-refractivity contribution in [1.82, 2.24) is 4.98 Å². The van der Waals surface area contributed by atoms with Gasteiger partial charge in [0, 0.05) is 42.3 Å². The maximum Gasteiger partial charge on any atom is 0.151 e. The summed E-state index contributed by atoms with van der Waals surface area (Å²) in [5.74, 6) is 1.53. The van der Waals surface area contributed by atoms with Crippen molar-refractivity contribution in [2.75, 3.05) is 29.5 Å². The van der Waals surface area contributed by atoms with Crippen LogP contribution in [0.5, 0.6) is 0 Å². The Morgan fingerprint density at radius 2 is 2.04 bits per heavy atom. The second-order valence-electron chi connectivity index (χ2n) is 5.86. The van der Waals surface area contributed by atoms with Gasteiger partial charge in [0.05, 0.1) is 5.02 Å². The number of rotatable bonds is 6. The van der Waals surface area contributed by atoms with E-state index in [1.165, 1.54) is 24.6 Å². The third-order valence-electron chi connectivity index (χ3n) is 4.02. The van der Waals surface area contributed by atoms with E-state index < -0.39 is 0 Å². The number of halogens is 2. The molecule has 0 aliphatic heterocycles. The Morgan fingerprint density at radius 1 is 1.31 bits per heavy atom. The molecule has 1 fully saturated rings. The molecule has 3 rings (SSSR count). The van der Waals surface area contributed by atoms with Gasteiger partial charge in [-0.05, 0) is 55.5 Å². The first-order chi connectivity index (χ1) is 12.5. The Labute approximate surface area is 169 Å². The van der Waals surface area contributed by atoms with Gasteiger partial charge in [-0.15, -0.1) is 0 Å². The van der Waals surface area contributed by atoms with Crippen molar-refractivity contribution >= 4 is 52.9 Å². The second kappa shape index (κ2) is 10.0. The molecule has 0 spiro atoms. The quantitative estimate of drug-likeness (QED) is 0.472. The zero-order chi connectivity index (χ0) is 19.1. The van der Waals surface area contributed by atoms with Gasteiger partial charge < -0.3 is 9.62 Å². The van der Waals surface area contributed by atoms with Crippen LogP contribution >= 0.6 is 35.1 Å². The Morgan fingerprint density at radius 3 is 2.58 bits per heavy atom. The zero-order valence-electron chi connectivity index (χ0n) is 15.1. The van der Waals surface area contributed by atoms with Gasteiger partial charge in [0.25, 0.3) is 0 Å². The normalized spacial score (nSPS) is 12.8. The fourth-order valence-corrected chi connectivity index (χ4v) is 3.40. The monoisotopic (exact) mass is 411 g/mol. The Bertz CT molecular complexity index is 750. The van der Waals surface area contributed by atoms with Gasteiger partial charge in [-0.1, -0.05) is 35.1 Å². The highest BCUT2D eigenvalue weighted by molar-refractivity contribution is 7.99. The van der Waals surface area contributed by atoms with E-state index in [4.69, 9.17) is 23.2 Å². The number of nitrogens with one attached hydrogen (secondary N) is 1. The molecule has 0 atom stereocenters. The minimum atomic E-state index is 0.390. The number of carbonyl (C=O) groups is 1. The summed E-state index contributed by atoms with van der Waals surface area (Å²) >= 11 is 13.3.